The second kappa shape index (κ2) is 4.45. The summed E-state index contributed by atoms with van der Waals surface area (Å²) in [5, 5.41) is 30.5. The Morgan fingerprint density at radius 3 is 2.33 bits per heavy atom. The predicted molar refractivity (Wildman–Crippen MR) is 58.2 cm³/mol. The van der Waals surface area contributed by atoms with E-state index in [0.717, 1.165) is 0 Å². The van der Waals surface area contributed by atoms with E-state index in [0.29, 0.717) is 5.56 Å². The molecule has 0 fully saturated rings. The van der Waals surface area contributed by atoms with Crippen molar-refractivity contribution in [1.29, 1.82) is 0 Å². The normalized spacial score (nSPS) is 13.9. The molecule has 0 bridgehead atoms. The highest BCUT2D eigenvalue weighted by Crippen LogP contribution is 2.36. The van der Waals surface area contributed by atoms with Gasteiger partial charge in [-0.25, -0.2) is 0 Å². The van der Waals surface area contributed by atoms with E-state index in [9.17, 15) is 10.2 Å². The zero-order chi connectivity index (χ0) is 11.6. The molecule has 0 aliphatic heterocycles. The van der Waals surface area contributed by atoms with E-state index in [1.165, 1.54) is 25.2 Å². The number of phenolic OH excluding ortho intramolecular Hbond substituents is 2. The summed E-state index contributed by atoms with van der Waals surface area (Å²) in [7, 11) is 1.49. The van der Waals surface area contributed by atoms with Gasteiger partial charge in [0.2, 0.25) is 0 Å². The van der Waals surface area contributed by atoms with Gasteiger partial charge in [0.25, 0.3) is 0 Å². The molecular formula is C9H11Cl2NO3. The summed E-state index contributed by atoms with van der Waals surface area (Å²) in [6.45, 7) is 0. The average molecular weight is 252 g/mol. The molecule has 0 saturated heterocycles. The fourth-order valence-corrected chi connectivity index (χ4v) is 1.31. The number of halogens is 2. The van der Waals surface area contributed by atoms with Gasteiger partial charge in [-0.15, -0.1) is 0 Å². The molecule has 1 aromatic rings. The van der Waals surface area contributed by atoms with Gasteiger partial charge in [-0.3, -0.25) is 5.32 Å². The Morgan fingerprint density at radius 1 is 1.27 bits per heavy atom. The number of aliphatic hydroxyl groups is 1. The third kappa shape index (κ3) is 2.66. The molecule has 1 unspecified atom stereocenters. The smallest absolute Gasteiger partial charge is 0.198 e. The summed E-state index contributed by atoms with van der Waals surface area (Å²) in [6, 6.07) is 3.85. The number of rotatable bonds is 3. The number of alkyl halides is 2. The van der Waals surface area contributed by atoms with Crippen LogP contribution in [0.1, 0.15) is 11.7 Å². The average Bonchev–Trinajstić information content (AvgIpc) is 2.21. The van der Waals surface area contributed by atoms with Crippen LogP contribution in [0.25, 0.3) is 0 Å². The van der Waals surface area contributed by atoms with Gasteiger partial charge in [0, 0.05) is 0 Å². The van der Waals surface area contributed by atoms with Gasteiger partial charge >= 0.3 is 0 Å². The fourth-order valence-electron chi connectivity index (χ4n) is 1.06. The molecule has 4 nitrogen and oxygen atoms in total. The van der Waals surface area contributed by atoms with Crippen molar-refractivity contribution in [3.63, 3.8) is 0 Å². The minimum atomic E-state index is -1.55. The van der Waals surface area contributed by atoms with E-state index in [1.807, 2.05) is 0 Å². The highest BCUT2D eigenvalue weighted by Gasteiger charge is 2.33. The first-order valence-corrected chi connectivity index (χ1v) is 4.90. The van der Waals surface area contributed by atoms with E-state index in [4.69, 9.17) is 28.3 Å². The zero-order valence-electron chi connectivity index (χ0n) is 7.91. The Hall–Kier alpha value is -0.680. The quantitative estimate of drug-likeness (QED) is 0.373. The van der Waals surface area contributed by atoms with Gasteiger partial charge in [-0.1, -0.05) is 29.3 Å². The summed E-state index contributed by atoms with van der Waals surface area (Å²) in [5.41, 5.74) is 0.296. The van der Waals surface area contributed by atoms with Gasteiger partial charge in [0.05, 0.1) is 0 Å². The van der Waals surface area contributed by atoms with Crippen LogP contribution in [0.4, 0.5) is 0 Å². The van der Waals surface area contributed by atoms with Crippen LogP contribution in [-0.2, 0) is 0 Å². The molecule has 15 heavy (non-hydrogen) atoms. The van der Waals surface area contributed by atoms with Crippen LogP contribution >= 0.6 is 23.2 Å². The number of hydrogen-bond donors (Lipinski definition) is 4. The van der Waals surface area contributed by atoms with Crippen LogP contribution in [0.2, 0.25) is 0 Å². The van der Waals surface area contributed by atoms with E-state index < -0.39 is 10.6 Å². The highest BCUT2D eigenvalue weighted by molar-refractivity contribution is 6.48. The molecule has 0 aliphatic carbocycles. The molecule has 4 N–H and O–H groups in total. The lowest BCUT2D eigenvalue weighted by Crippen LogP contribution is -2.37. The molecule has 84 valence electrons. The van der Waals surface area contributed by atoms with Crippen LogP contribution in [0, 0.1) is 0 Å². The molecule has 1 rings (SSSR count). The number of aromatic hydroxyl groups is 2. The van der Waals surface area contributed by atoms with Crippen LogP contribution in [-0.4, -0.2) is 26.8 Å². The van der Waals surface area contributed by atoms with Crippen LogP contribution in [0.15, 0.2) is 18.2 Å². The lowest BCUT2D eigenvalue weighted by atomic mass is 10.1. The first-order chi connectivity index (χ1) is 6.88. The fraction of sp³-hybridized carbons (Fsp3) is 0.333. The molecule has 0 spiro atoms. The first kappa shape index (κ1) is 12.4. The molecule has 0 saturated carbocycles. The van der Waals surface area contributed by atoms with E-state index in [-0.39, 0.29) is 11.5 Å². The van der Waals surface area contributed by atoms with Crippen LogP contribution in [0.3, 0.4) is 0 Å². The molecule has 6 heteroatoms. The Morgan fingerprint density at radius 2 is 1.87 bits per heavy atom. The molecule has 0 aromatic heterocycles. The van der Waals surface area contributed by atoms with E-state index in [2.05, 4.69) is 5.32 Å². The lowest BCUT2D eigenvalue weighted by molar-refractivity contribution is 0.147. The van der Waals surface area contributed by atoms with Crippen molar-refractivity contribution < 1.29 is 15.3 Å². The minimum Gasteiger partial charge on any atom is -0.504 e. The number of phenols is 2. The van der Waals surface area contributed by atoms with Crippen molar-refractivity contribution in [1.82, 2.24) is 5.32 Å². The lowest BCUT2D eigenvalue weighted by Gasteiger charge is -2.25. The van der Waals surface area contributed by atoms with Gasteiger partial charge in [0.15, 0.2) is 16.0 Å². The molecule has 1 atom stereocenters. The summed E-state index contributed by atoms with van der Waals surface area (Å²) in [4.78, 5) is 0. The largest absolute Gasteiger partial charge is 0.504 e. The number of nitrogens with one attached hydrogen (secondary N) is 1. The maximum absolute atomic E-state index is 9.74. The maximum Gasteiger partial charge on any atom is 0.198 e. The Kier molecular flexibility index (Phi) is 3.67. The van der Waals surface area contributed by atoms with Gasteiger partial charge in [0.1, 0.15) is 6.10 Å². The van der Waals surface area contributed by atoms with Crippen molar-refractivity contribution >= 4 is 23.2 Å². The van der Waals surface area contributed by atoms with Gasteiger partial charge in [-0.05, 0) is 24.7 Å². The van der Waals surface area contributed by atoms with Crippen molar-refractivity contribution in [3.8, 4) is 11.5 Å². The predicted octanol–water partition coefficient (Wildman–Crippen LogP) is 1.48. The summed E-state index contributed by atoms with van der Waals surface area (Å²) < 4.78 is -1.55. The molecule has 0 aliphatic rings. The number of benzene rings is 1. The topological polar surface area (TPSA) is 72.7 Å². The van der Waals surface area contributed by atoms with E-state index >= 15 is 0 Å². The molecule has 1 aromatic carbocycles. The molecule has 0 amide bonds. The minimum absolute atomic E-state index is 0.273. The summed E-state index contributed by atoms with van der Waals surface area (Å²) >= 11 is 11.5. The second-order valence-corrected chi connectivity index (χ2v) is 4.41. The van der Waals surface area contributed by atoms with Crippen molar-refractivity contribution in [2.24, 2.45) is 0 Å². The molecule has 0 heterocycles. The van der Waals surface area contributed by atoms with Gasteiger partial charge < -0.3 is 15.3 Å². The monoisotopic (exact) mass is 251 g/mol. The van der Waals surface area contributed by atoms with Crippen molar-refractivity contribution in [2.45, 2.75) is 10.6 Å². The molecule has 0 radical (unpaired) electrons. The van der Waals surface area contributed by atoms with Crippen molar-refractivity contribution in [2.75, 3.05) is 7.05 Å². The van der Waals surface area contributed by atoms with E-state index in [1.54, 1.807) is 0 Å². The standard InChI is InChI=1S/C9H11Cl2NO3/c1-12-9(10,11)8(15)5-2-3-6(13)7(14)4-5/h2-4,8,12-15H,1H3. The third-order valence-electron chi connectivity index (χ3n) is 1.99. The molecular weight excluding hydrogens is 241 g/mol. The van der Waals surface area contributed by atoms with Crippen molar-refractivity contribution in [3.05, 3.63) is 23.8 Å². The Labute approximate surface area is 97.1 Å². The van der Waals surface area contributed by atoms with Crippen LogP contribution < -0.4 is 5.32 Å². The number of aliphatic hydroxyl groups excluding tert-OH is 1. The first-order valence-electron chi connectivity index (χ1n) is 4.15. The number of hydrogen-bond acceptors (Lipinski definition) is 4. The summed E-state index contributed by atoms with van der Waals surface area (Å²) in [5.74, 6) is -0.614. The zero-order valence-corrected chi connectivity index (χ0v) is 9.42. The number of likely N-dealkylation sites (N-methyl/N-ethyl adjacent to an activating group) is 1. The second-order valence-electron chi connectivity index (χ2n) is 3.02. The van der Waals surface area contributed by atoms with Gasteiger partial charge in [-0.2, -0.15) is 0 Å². The summed E-state index contributed by atoms with van der Waals surface area (Å²) in [6.07, 6.45) is -1.22. The third-order valence-corrected chi connectivity index (χ3v) is 2.78. The Balaban J connectivity index is 3.02. The highest BCUT2D eigenvalue weighted by atomic mass is 35.5. The maximum atomic E-state index is 9.74. The SMILES string of the molecule is CNC(Cl)(Cl)C(O)c1ccc(O)c(O)c1. The van der Waals surface area contributed by atoms with Crippen LogP contribution in [0.5, 0.6) is 11.5 Å². The Bertz CT molecular complexity index is 357.